The molecule has 2 amide bonds. The minimum Gasteiger partial charge on any atom is -0.369 e. The SMILES string of the molecule is O=C1C2C=CC=CC2C(=O)N1CN1CCN(c2ccccc2)CC1. The summed E-state index contributed by atoms with van der Waals surface area (Å²) in [5, 5.41) is 0. The molecule has 1 aromatic rings. The molecule has 2 heterocycles. The lowest BCUT2D eigenvalue weighted by atomic mass is 9.91. The molecule has 0 radical (unpaired) electrons. The number of benzene rings is 1. The number of anilines is 1. The van der Waals surface area contributed by atoms with Gasteiger partial charge in [-0.2, -0.15) is 0 Å². The first kappa shape index (κ1) is 15.1. The van der Waals surface area contributed by atoms with Gasteiger partial charge in [0.25, 0.3) is 0 Å². The van der Waals surface area contributed by atoms with Crippen molar-refractivity contribution in [1.82, 2.24) is 9.80 Å². The van der Waals surface area contributed by atoms with Gasteiger partial charge in [0, 0.05) is 31.9 Å². The number of amides is 2. The summed E-state index contributed by atoms with van der Waals surface area (Å²) in [6.45, 7) is 3.94. The van der Waals surface area contributed by atoms with Crippen LogP contribution in [0.5, 0.6) is 0 Å². The van der Waals surface area contributed by atoms with Gasteiger partial charge >= 0.3 is 0 Å². The second-order valence-corrected chi connectivity index (χ2v) is 6.51. The van der Waals surface area contributed by atoms with E-state index >= 15 is 0 Å². The van der Waals surface area contributed by atoms with Crippen LogP contribution in [0.15, 0.2) is 54.6 Å². The van der Waals surface area contributed by atoms with Gasteiger partial charge in [0.1, 0.15) is 0 Å². The van der Waals surface area contributed by atoms with Crippen molar-refractivity contribution in [2.24, 2.45) is 11.8 Å². The Morgan fingerprint density at radius 1 is 0.833 bits per heavy atom. The van der Waals surface area contributed by atoms with E-state index in [0.717, 1.165) is 26.2 Å². The minimum atomic E-state index is -0.298. The Morgan fingerprint density at radius 2 is 1.42 bits per heavy atom. The lowest BCUT2D eigenvalue weighted by Crippen LogP contribution is -2.51. The summed E-state index contributed by atoms with van der Waals surface area (Å²) in [5.74, 6) is -0.714. The predicted molar refractivity (Wildman–Crippen MR) is 92.2 cm³/mol. The van der Waals surface area contributed by atoms with Gasteiger partial charge in [0.15, 0.2) is 0 Å². The summed E-state index contributed by atoms with van der Waals surface area (Å²) in [5.41, 5.74) is 1.23. The topological polar surface area (TPSA) is 43.9 Å². The molecule has 0 N–H and O–H groups in total. The van der Waals surface area contributed by atoms with Crippen molar-refractivity contribution in [2.75, 3.05) is 37.7 Å². The smallest absolute Gasteiger partial charge is 0.238 e. The zero-order valence-corrected chi connectivity index (χ0v) is 13.5. The molecule has 24 heavy (non-hydrogen) atoms. The zero-order valence-electron chi connectivity index (χ0n) is 13.5. The molecule has 0 saturated carbocycles. The quantitative estimate of drug-likeness (QED) is 0.791. The van der Waals surface area contributed by atoms with Gasteiger partial charge in [-0.15, -0.1) is 0 Å². The fourth-order valence-corrected chi connectivity index (χ4v) is 3.67. The van der Waals surface area contributed by atoms with E-state index in [1.807, 2.05) is 42.5 Å². The minimum absolute atomic E-state index is 0.0592. The van der Waals surface area contributed by atoms with E-state index in [0.29, 0.717) is 6.67 Å². The normalized spacial score (nSPS) is 27.0. The predicted octanol–water partition coefficient (Wildman–Crippen LogP) is 1.49. The van der Waals surface area contributed by atoms with E-state index in [1.54, 1.807) is 0 Å². The van der Waals surface area contributed by atoms with Crippen molar-refractivity contribution in [3.63, 3.8) is 0 Å². The van der Waals surface area contributed by atoms with Crippen molar-refractivity contribution >= 4 is 17.5 Å². The van der Waals surface area contributed by atoms with Gasteiger partial charge in [0.2, 0.25) is 11.8 Å². The molecule has 2 atom stereocenters. The summed E-state index contributed by atoms with van der Waals surface area (Å²) < 4.78 is 0. The van der Waals surface area contributed by atoms with E-state index in [-0.39, 0.29) is 23.7 Å². The average Bonchev–Trinajstić information content (AvgIpc) is 2.88. The highest BCUT2D eigenvalue weighted by atomic mass is 16.2. The summed E-state index contributed by atoms with van der Waals surface area (Å²) in [7, 11) is 0. The molecule has 3 aliphatic rings. The summed E-state index contributed by atoms with van der Waals surface area (Å²) >= 11 is 0. The van der Waals surface area contributed by atoms with Crippen LogP contribution in [0.1, 0.15) is 0 Å². The molecular weight excluding hydrogens is 302 g/mol. The van der Waals surface area contributed by atoms with E-state index in [2.05, 4.69) is 21.9 Å². The van der Waals surface area contributed by atoms with E-state index in [1.165, 1.54) is 10.6 Å². The molecule has 5 heteroatoms. The second kappa shape index (κ2) is 6.24. The number of hydrogen-bond donors (Lipinski definition) is 0. The fraction of sp³-hybridized carbons (Fsp3) is 0.368. The Bertz CT molecular complexity index is 660. The summed E-state index contributed by atoms with van der Waals surface area (Å²) in [4.78, 5) is 31.0. The Kier molecular flexibility index (Phi) is 3.94. The molecule has 0 bridgehead atoms. The molecule has 0 aromatic heterocycles. The van der Waals surface area contributed by atoms with Crippen LogP contribution in [0, 0.1) is 11.8 Å². The molecular formula is C19H21N3O2. The van der Waals surface area contributed by atoms with Crippen LogP contribution >= 0.6 is 0 Å². The van der Waals surface area contributed by atoms with E-state index in [4.69, 9.17) is 0 Å². The first-order valence-electron chi connectivity index (χ1n) is 8.46. The van der Waals surface area contributed by atoms with Crippen molar-refractivity contribution in [1.29, 1.82) is 0 Å². The maximum atomic E-state index is 12.5. The number of allylic oxidation sites excluding steroid dienone is 2. The maximum absolute atomic E-state index is 12.5. The Hall–Kier alpha value is -2.40. The van der Waals surface area contributed by atoms with Crippen LogP contribution in [-0.2, 0) is 9.59 Å². The second-order valence-electron chi connectivity index (χ2n) is 6.51. The molecule has 0 spiro atoms. The molecule has 2 unspecified atom stereocenters. The highest BCUT2D eigenvalue weighted by molar-refractivity contribution is 6.07. The Balaban J connectivity index is 1.37. The zero-order chi connectivity index (χ0) is 16.5. The summed E-state index contributed by atoms with van der Waals surface area (Å²) in [6, 6.07) is 10.4. The van der Waals surface area contributed by atoms with Crippen LogP contribution in [0.3, 0.4) is 0 Å². The number of hydrogen-bond acceptors (Lipinski definition) is 4. The molecule has 124 valence electrons. The van der Waals surface area contributed by atoms with Gasteiger partial charge in [-0.3, -0.25) is 19.4 Å². The number of fused-ring (bicyclic) bond motifs is 1. The van der Waals surface area contributed by atoms with Crippen LogP contribution in [0.4, 0.5) is 5.69 Å². The number of likely N-dealkylation sites (tertiary alicyclic amines) is 1. The highest BCUT2D eigenvalue weighted by Crippen LogP contribution is 2.31. The third kappa shape index (κ3) is 2.65. The van der Waals surface area contributed by atoms with Crippen LogP contribution in [0.2, 0.25) is 0 Å². The van der Waals surface area contributed by atoms with Gasteiger partial charge in [0.05, 0.1) is 18.5 Å². The van der Waals surface area contributed by atoms with E-state index in [9.17, 15) is 9.59 Å². The number of nitrogens with zero attached hydrogens (tertiary/aromatic N) is 3. The van der Waals surface area contributed by atoms with Crippen molar-refractivity contribution in [3.8, 4) is 0 Å². The number of rotatable bonds is 3. The standard InChI is InChI=1S/C19H21N3O2/c23-18-16-8-4-5-9-17(16)19(24)22(18)14-20-10-12-21(13-11-20)15-6-2-1-3-7-15/h1-9,16-17H,10-14H2. The monoisotopic (exact) mass is 323 g/mol. The molecule has 4 rings (SSSR count). The van der Waals surface area contributed by atoms with Gasteiger partial charge < -0.3 is 4.90 Å². The molecule has 1 aromatic carbocycles. The lowest BCUT2D eigenvalue weighted by Gasteiger charge is -2.37. The first-order chi connectivity index (χ1) is 11.7. The van der Waals surface area contributed by atoms with Crippen LogP contribution < -0.4 is 4.90 Å². The molecule has 1 aliphatic carbocycles. The summed E-state index contributed by atoms with van der Waals surface area (Å²) in [6.07, 6.45) is 7.40. The number of carbonyl (C=O) groups is 2. The number of para-hydroxylation sites is 1. The number of carbonyl (C=O) groups excluding carboxylic acids is 2. The molecule has 2 aliphatic heterocycles. The van der Waals surface area contributed by atoms with Crippen molar-refractivity contribution in [3.05, 3.63) is 54.6 Å². The molecule has 2 saturated heterocycles. The van der Waals surface area contributed by atoms with Gasteiger partial charge in [-0.25, -0.2) is 0 Å². The highest BCUT2D eigenvalue weighted by Gasteiger charge is 2.46. The van der Waals surface area contributed by atoms with Gasteiger partial charge in [-0.1, -0.05) is 42.5 Å². The van der Waals surface area contributed by atoms with Crippen LogP contribution in [-0.4, -0.2) is 54.5 Å². The van der Waals surface area contributed by atoms with Crippen LogP contribution in [0.25, 0.3) is 0 Å². The average molecular weight is 323 g/mol. The maximum Gasteiger partial charge on any atom is 0.238 e. The van der Waals surface area contributed by atoms with Gasteiger partial charge in [-0.05, 0) is 12.1 Å². The third-order valence-electron chi connectivity index (χ3n) is 5.07. The van der Waals surface area contributed by atoms with E-state index < -0.39 is 0 Å². The molecule has 5 nitrogen and oxygen atoms in total. The number of piperazine rings is 1. The largest absolute Gasteiger partial charge is 0.369 e. The fourth-order valence-electron chi connectivity index (χ4n) is 3.67. The Labute approximate surface area is 141 Å². The van der Waals surface area contributed by atoms with Crippen molar-refractivity contribution < 1.29 is 9.59 Å². The number of imide groups is 1. The molecule has 2 fully saturated rings. The first-order valence-corrected chi connectivity index (χ1v) is 8.46. The Morgan fingerprint density at radius 3 is 2.00 bits per heavy atom. The third-order valence-corrected chi connectivity index (χ3v) is 5.07. The lowest BCUT2D eigenvalue weighted by molar-refractivity contribution is -0.142. The van der Waals surface area contributed by atoms with Crippen molar-refractivity contribution in [2.45, 2.75) is 0 Å².